The van der Waals surface area contributed by atoms with Gasteiger partial charge >= 0.3 is 0 Å². The van der Waals surface area contributed by atoms with Crippen LogP contribution in [0, 0.1) is 0 Å². The van der Waals surface area contributed by atoms with Crippen LogP contribution < -0.4 is 5.32 Å². The maximum Gasteiger partial charge on any atom is 0.119 e. The molecule has 0 saturated carbocycles. The van der Waals surface area contributed by atoms with Crippen LogP contribution in [0.5, 0.6) is 0 Å². The first-order valence-electron chi connectivity index (χ1n) is 5.98. The summed E-state index contributed by atoms with van der Waals surface area (Å²) < 4.78 is 0. The summed E-state index contributed by atoms with van der Waals surface area (Å²) in [6, 6.07) is 0. The van der Waals surface area contributed by atoms with Crippen LogP contribution in [0.25, 0.3) is 0 Å². The third-order valence-corrected chi connectivity index (χ3v) is 5.07. The van der Waals surface area contributed by atoms with Gasteiger partial charge in [-0.3, -0.25) is 10.2 Å². The lowest BCUT2D eigenvalue weighted by molar-refractivity contribution is 0.401. The molecule has 0 aromatic heterocycles. The van der Waals surface area contributed by atoms with Crippen molar-refractivity contribution in [2.75, 3.05) is 32.9 Å². The Hall–Kier alpha value is -0.390. The summed E-state index contributed by atoms with van der Waals surface area (Å²) in [4.78, 5) is 7.20. The van der Waals surface area contributed by atoms with E-state index in [4.69, 9.17) is 0 Å². The fraction of sp³-hybridized carbons (Fsp3) is 0.818. The Labute approximate surface area is 102 Å². The van der Waals surface area contributed by atoms with Gasteiger partial charge in [0.25, 0.3) is 0 Å². The van der Waals surface area contributed by atoms with Crippen LogP contribution in [0.2, 0.25) is 0 Å². The highest BCUT2D eigenvalue weighted by atomic mass is 32.2. The average Bonchev–Trinajstić information content (AvgIpc) is 3.12. The Morgan fingerprint density at radius 2 is 2.31 bits per heavy atom. The van der Waals surface area contributed by atoms with E-state index in [1.807, 2.05) is 11.8 Å². The number of nitrogens with one attached hydrogen (secondary N) is 1. The van der Waals surface area contributed by atoms with Crippen molar-refractivity contribution < 1.29 is 0 Å². The maximum absolute atomic E-state index is 3.49. The van der Waals surface area contributed by atoms with Crippen molar-refractivity contribution in [2.24, 2.45) is 0 Å². The van der Waals surface area contributed by atoms with Gasteiger partial charge in [-0.15, -0.1) is 11.8 Å². The van der Waals surface area contributed by atoms with Crippen LogP contribution in [-0.2, 0) is 0 Å². The Bertz CT molecular complexity index is 319. The van der Waals surface area contributed by atoms with Crippen LogP contribution in [0.1, 0.15) is 6.92 Å². The van der Waals surface area contributed by atoms with Gasteiger partial charge in [-0.05, 0) is 13.6 Å². The van der Waals surface area contributed by atoms with E-state index in [1.54, 1.807) is 0 Å². The fourth-order valence-corrected chi connectivity index (χ4v) is 3.77. The molecule has 0 spiro atoms. The molecule has 16 heavy (non-hydrogen) atoms. The molecule has 3 aliphatic rings. The summed E-state index contributed by atoms with van der Waals surface area (Å²) >= 11 is 2.05. The second-order valence-electron chi connectivity index (χ2n) is 4.78. The first-order chi connectivity index (χ1) is 7.72. The summed E-state index contributed by atoms with van der Waals surface area (Å²) in [5.74, 6) is 1.14. The highest BCUT2D eigenvalue weighted by molar-refractivity contribution is 8.00. The predicted molar refractivity (Wildman–Crippen MR) is 67.8 cm³/mol. The second kappa shape index (κ2) is 3.82. The largest absolute Gasteiger partial charge is 0.354 e. The molecule has 2 fully saturated rings. The molecule has 4 atom stereocenters. The highest BCUT2D eigenvalue weighted by Crippen LogP contribution is 2.38. The van der Waals surface area contributed by atoms with E-state index < -0.39 is 0 Å². The van der Waals surface area contributed by atoms with Gasteiger partial charge in [0.15, 0.2) is 0 Å². The summed E-state index contributed by atoms with van der Waals surface area (Å²) in [5, 5.41) is 4.15. The van der Waals surface area contributed by atoms with Gasteiger partial charge in [0, 0.05) is 24.7 Å². The summed E-state index contributed by atoms with van der Waals surface area (Å²) in [6.07, 6.45) is 3.61. The van der Waals surface area contributed by atoms with E-state index in [9.17, 15) is 0 Å². The Kier molecular flexibility index (Phi) is 2.57. The zero-order valence-corrected chi connectivity index (χ0v) is 11.0. The predicted octanol–water partition coefficient (Wildman–Crippen LogP) is 0.355. The fourth-order valence-electron chi connectivity index (χ4n) is 2.38. The number of rotatable bonds is 5. The van der Waals surface area contributed by atoms with E-state index in [0.717, 1.165) is 12.3 Å². The van der Waals surface area contributed by atoms with E-state index in [-0.39, 0.29) is 0 Å². The molecule has 0 aromatic carbocycles. The number of thioether (sulfide) groups is 1. The first-order valence-corrected chi connectivity index (χ1v) is 7.03. The van der Waals surface area contributed by atoms with Crippen LogP contribution in [0.4, 0.5) is 0 Å². The lowest BCUT2D eigenvalue weighted by Crippen LogP contribution is -2.21. The molecule has 2 unspecified atom stereocenters. The molecule has 0 amide bonds. The lowest BCUT2D eigenvalue weighted by Gasteiger charge is -2.15. The first kappa shape index (κ1) is 10.7. The third-order valence-electron chi connectivity index (χ3n) is 3.67. The van der Waals surface area contributed by atoms with Crippen LogP contribution in [0.3, 0.4) is 0 Å². The number of hydrogen-bond acceptors (Lipinski definition) is 5. The minimum absolute atomic E-state index is 0.595. The monoisotopic (exact) mass is 240 g/mol. The smallest absolute Gasteiger partial charge is 0.119 e. The highest BCUT2D eigenvalue weighted by Gasteiger charge is 2.46. The molecular weight excluding hydrogens is 220 g/mol. The van der Waals surface area contributed by atoms with Gasteiger partial charge < -0.3 is 9.80 Å². The SMILES string of the molecule is CCNC1[C@@H](SCC2=CN3C[C@H]3N2C)N1C. The minimum Gasteiger partial charge on any atom is -0.354 e. The molecule has 0 bridgehead atoms. The van der Waals surface area contributed by atoms with Crippen molar-refractivity contribution in [3.63, 3.8) is 0 Å². The molecular formula is C11H20N4S. The topological polar surface area (TPSA) is 21.3 Å². The number of likely N-dealkylation sites (N-methyl/N-ethyl adjacent to an activating group) is 3. The Morgan fingerprint density at radius 1 is 1.50 bits per heavy atom. The Balaban J connectivity index is 1.46. The van der Waals surface area contributed by atoms with E-state index >= 15 is 0 Å². The van der Waals surface area contributed by atoms with Crippen molar-refractivity contribution in [2.45, 2.75) is 24.6 Å². The van der Waals surface area contributed by atoms with Gasteiger partial charge in [0.05, 0.1) is 18.1 Å². The maximum atomic E-state index is 3.49. The third kappa shape index (κ3) is 1.71. The average molecular weight is 240 g/mol. The second-order valence-corrected chi connectivity index (χ2v) is 5.88. The molecule has 3 rings (SSSR count). The van der Waals surface area contributed by atoms with Crippen molar-refractivity contribution in [3.05, 3.63) is 11.9 Å². The zero-order valence-electron chi connectivity index (χ0n) is 10.2. The number of hydrogen-bond donors (Lipinski definition) is 1. The van der Waals surface area contributed by atoms with Crippen molar-refractivity contribution in [1.82, 2.24) is 20.0 Å². The van der Waals surface area contributed by atoms with Gasteiger partial charge in [-0.1, -0.05) is 6.92 Å². The molecule has 0 aliphatic carbocycles. The van der Waals surface area contributed by atoms with E-state index in [0.29, 0.717) is 17.7 Å². The lowest BCUT2D eigenvalue weighted by atomic mass is 10.5. The standard InChI is InChI=1S/C11H20N4S/c1-4-12-10-11(14(10)3)16-7-8-5-15-6-9(15)13(8)2/h5,9-12H,4,6-7H2,1-3H3/t9-,10?,11+,14?,15?/m0/s1. The number of fused-ring (bicyclic) bond motifs is 1. The van der Waals surface area contributed by atoms with E-state index in [2.05, 4.69) is 47.2 Å². The Morgan fingerprint density at radius 3 is 2.94 bits per heavy atom. The quantitative estimate of drug-likeness (QED) is 0.698. The van der Waals surface area contributed by atoms with Crippen LogP contribution >= 0.6 is 11.8 Å². The molecule has 90 valence electrons. The molecule has 4 nitrogen and oxygen atoms in total. The van der Waals surface area contributed by atoms with Gasteiger partial charge in [-0.25, -0.2) is 0 Å². The van der Waals surface area contributed by atoms with Crippen molar-refractivity contribution in [1.29, 1.82) is 0 Å². The van der Waals surface area contributed by atoms with Gasteiger partial charge in [-0.2, -0.15) is 0 Å². The molecule has 3 heterocycles. The number of nitrogens with zero attached hydrogens (tertiary/aromatic N) is 3. The van der Waals surface area contributed by atoms with Crippen molar-refractivity contribution in [3.8, 4) is 0 Å². The summed E-state index contributed by atoms with van der Waals surface area (Å²) in [6.45, 7) is 4.46. The van der Waals surface area contributed by atoms with Crippen molar-refractivity contribution >= 4 is 11.8 Å². The molecule has 2 saturated heterocycles. The van der Waals surface area contributed by atoms with Gasteiger partial charge in [0.1, 0.15) is 6.17 Å². The molecule has 3 aliphatic heterocycles. The summed E-state index contributed by atoms with van der Waals surface area (Å²) in [5.41, 5.74) is 1.48. The summed E-state index contributed by atoms with van der Waals surface area (Å²) in [7, 11) is 4.40. The van der Waals surface area contributed by atoms with Gasteiger partial charge in [0.2, 0.25) is 0 Å². The molecule has 0 aromatic rings. The zero-order chi connectivity index (χ0) is 11.3. The van der Waals surface area contributed by atoms with Crippen LogP contribution in [0.15, 0.2) is 11.9 Å². The molecule has 0 radical (unpaired) electrons. The molecule has 1 N–H and O–H groups in total. The minimum atomic E-state index is 0.595. The van der Waals surface area contributed by atoms with Crippen LogP contribution in [-0.4, -0.2) is 65.3 Å². The normalized spacial score (nSPS) is 39.8. The molecule has 5 heteroatoms. The van der Waals surface area contributed by atoms with E-state index in [1.165, 1.54) is 12.2 Å².